The number of pyridine rings is 1. The Labute approximate surface area is 102 Å². The van der Waals surface area contributed by atoms with Crippen LogP contribution in [0.15, 0.2) is 41.2 Å². The van der Waals surface area contributed by atoms with Crippen LogP contribution in [0.3, 0.4) is 0 Å². The van der Waals surface area contributed by atoms with Crippen LogP contribution in [-0.2, 0) is 13.0 Å². The van der Waals surface area contributed by atoms with Crippen LogP contribution in [0, 0.1) is 5.82 Å². The molecule has 0 amide bonds. The van der Waals surface area contributed by atoms with Crippen LogP contribution < -0.4 is 5.56 Å². The fraction of sp³-hybridized carbons (Fsp3) is 0.133. The maximum absolute atomic E-state index is 14.0. The summed E-state index contributed by atoms with van der Waals surface area (Å²) in [5.74, 6) is -0.319. The first-order valence-corrected chi connectivity index (χ1v) is 6.00. The van der Waals surface area contributed by atoms with Crippen molar-refractivity contribution in [2.45, 2.75) is 13.0 Å². The highest BCUT2D eigenvalue weighted by molar-refractivity contribution is 6.07. The van der Waals surface area contributed by atoms with Gasteiger partial charge in [-0.15, -0.1) is 0 Å². The highest BCUT2D eigenvalue weighted by Gasteiger charge is 2.19. The van der Waals surface area contributed by atoms with E-state index in [2.05, 4.69) is 0 Å². The van der Waals surface area contributed by atoms with Crippen LogP contribution in [0.5, 0.6) is 0 Å². The zero-order valence-electron chi connectivity index (χ0n) is 9.61. The van der Waals surface area contributed by atoms with Crippen molar-refractivity contribution in [3.05, 3.63) is 58.1 Å². The van der Waals surface area contributed by atoms with Crippen molar-refractivity contribution in [2.75, 3.05) is 0 Å². The van der Waals surface area contributed by atoms with E-state index >= 15 is 0 Å². The number of aryl methyl sites for hydroxylation is 2. The minimum Gasteiger partial charge on any atom is -0.307 e. The molecule has 3 heteroatoms. The van der Waals surface area contributed by atoms with Gasteiger partial charge in [-0.3, -0.25) is 4.79 Å². The van der Waals surface area contributed by atoms with E-state index in [1.165, 1.54) is 6.07 Å². The average molecular weight is 239 g/mol. The van der Waals surface area contributed by atoms with Crippen LogP contribution in [0.4, 0.5) is 4.39 Å². The van der Waals surface area contributed by atoms with Gasteiger partial charge in [-0.05, 0) is 24.1 Å². The zero-order valence-corrected chi connectivity index (χ0v) is 9.61. The molecule has 18 heavy (non-hydrogen) atoms. The number of aromatic nitrogens is 1. The summed E-state index contributed by atoms with van der Waals surface area (Å²) < 4.78 is 15.8. The molecule has 1 aliphatic rings. The van der Waals surface area contributed by atoms with E-state index in [4.69, 9.17) is 0 Å². The van der Waals surface area contributed by atoms with E-state index in [-0.39, 0.29) is 11.4 Å². The number of benzene rings is 2. The van der Waals surface area contributed by atoms with E-state index in [0.29, 0.717) is 17.3 Å². The SMILES string of the molecule is O=c1c2cccc(F)c2c2cccc3c2n1CC3. The molecule has 1 aliphatic heterocycles. The van der Waals surface area contributed by atoms with Gasteiger partial charge in [-0.2, -0.15) is 0 Å². The minimum atomic E-state index is -0.319. The molecular formula is C15H10FNO. The second kappa shape index (κ2) is 3.19. The molecule has 88 valence electrons. The lowest BCUT2D eigenvalue weighted by Gasteiger charge is -2.08. The van der Waals surface area contributed by atoms with E-state index in [1.807, 2.05) is 18.2 Å². The first kappa shape index (κ1) is 9.83. The molecular weight excluding hydrogens is 229 g/mol. The molecule has 0 atom stereocenters. The Morgan fingerprint density at radius 1 is 1.06 bits per heavy atom. The van der Waals surface area contributed by atoms with Gasteiger partial charge in [0.1, 0.15) is 5.82 Å². The predicted octanol–water partition coefficient (Wildman–Crippen LogP) is 2.85. The van der Waals surface area contributed by atoms with Crippen LogP contribution in [-0.4, -0.2) is 4.57 Å². The number of hydrogen-bond acceptors (Lipinski definition) is 1. The Morgan fingerprint density at radius 3 is 2.72 bits per heavy atom. The van der Waals surface area contributed by atoms with Crippen molar-refractivity contribution in [3.63, 3.8) is 0 Å². The average Bonchev–Trinajstić information content (AvgIpc) is 2.81. The maximum Gasteiger partial charge on any atom is 0.259 e. The third-order valence-electron chi connectivity index (χ3n) is 3.75. The van der Waals surface area contributed by atoms with Gasteiger partial charge in [0.2, 0.25) is 0 Å². The van der Waals surface area contributed by atoms with Crippen LogP contribution >= 0.6 is 0 Å². The van der Waals surface area contributed by atoms with Crippen molar-refractivity contribution in [3.8, 4) is 0 Å². The largest absolute Gasteiger partial charge is 0.307 e. The molecule has 3 aromatic rings. The third kappa shape index (κ3) is 1.04. The number of nitrogens with zero attached hydrogens (tertiary/aromatic N) is 1. The van der Waals surface area contributed by atoms with Crippen LogP contribution in [0.1, 0.15) is 5.56 Å². The molecule has 0 spiro atoms. The number of halogens is 1. The molecule has 0 unspecified atom stereocenters. The van der Waals surface area contributed by atoms with Crippen molar-refractivity contribution in [1.29, 1.82) is 0 Å². The number of fused-ring (bicyclic) bond motifs is 2. The molecule has 2 heterocycles. The van der Waals surface area contributed by atoms with E-state index in [1.54, 1.807) is 16.7 Å². The molecule has 2 aromatic carbocycles. The van der Waals surface area contributed by atoms with E-state index in [0.717, 1.165) is 22.9 Å². The monoisotopic (exact) mass is 239 g/mol. The Kier molecular flexibility index (Phi) is 1.74. The van der Waals surface area contributed by atoms with Gasteiger partial charge in [0.25, 0.3) is 5.56 Å². The van der Waals surface area contributed by atoms with E-state index < -0.39 is 0 Å². The summed E-state index contributed by atoms with van der Waals surface area (Å²) >= 11 is 0. The molecule has 0 radical (unpaired) electrons. The topological polar surface area (TPSA) is 22.0 Å². The Bertz CT molecular complexity index is 864. The van der Waals surface area contributed by atoms with Gasteiger partial charge in [-0.25, -0.2) is 4.39 Å². The summed E-state index contributed by atoms with van der Waals surface area (Å²) in [7, 11) is 0. The van der Waals surface area contributed by atoms with Gasteiger partial charge in [0.05, 0.1) is 10.9 Å². The first-order valence-electron chi connectivity index (χ1n) is 6.00. The van der Waals surface area contributed by atoms with Crippen molar-refractivity contribution < 1.29 is 4.39 Å². The molecule has 0 N–H and O–H groups in total. The van der Waals surface area contributed by atoms with Gasteiger partial charge in [0.15, 0.2) is 0 Å². The molecule has 0 bridgehead atoms. The Hall–Kier alpha value is -2.16. The van der Waals surface area contributed by atoms with Crippen molar-refractivity contribution in [1.82, 2.24) is 4.57 Å². The number of para-hydroxylation sites is 1. The maximum atomic E-state index is 14.0. The zero-order chi connectivity index (χ0) is 12.3. The summed E-state index contributed by atoms with van der Waals surface area (Å²) in [6, 6.07) is 10.6. The Balaban J connectivity index is 2.45. The number of rotatable bonds is 0. The standard InChI is InChI=1S/C15H10FNO/c16-12-6-2-5-11-13(12)10-4-1-3-9-7-8-17(14(9)10)15(11)18/h1-6H,7-8H2. The smallest absolute Gasteiger partial charge is 0.259 e. The van der Waals surface area contributed by atoms with Gasteiger partial charge in [-0.1, -0.05) is 24.3 Å². The number of hydrogen-bond donors (Lipinski definition) is 0. The van der Waals surface area contributed by atoms with Crippen molar-refractivity contribution >= 4 is 21.7 Å². The minimum absolute atomic E-state index is 0.0815. The summed E-state index contributed by atoms with van der Waals surface area (Å²) in [4.78, 5) is 12.4. The molecule has 0 fully saturated rings. The van der Waals surface area contributed by atoms with Crippen molar-refractivity contribution in [2.24, 2.45) is 0 Å². The molecule has 0 saturated carbocycles. The fourth-order valence-electron chi connectivity index (χ4n) is 2.98. The Morgan fingerprint density at radius 2 is 1.83 bits per heavy atom. The quantitative estimate of drug-likeness (QED) is 0.553. The molecule has 2 nitrogen and oxygen atoms in total. The molecule has 0 aliphatic carbocycles. The third-order valence-corrected chi connectivity index (χ3v) is 3.75. The summed E-state index contributed by atoms with van der Waals surface area (Å²) in [6.45, 7) is 0.696. The predicted molar refractivity (Wildman–Crippen MR) is 69.4 cm³/mol. The normalized spacial score (nSPS) is 13.6. The second-order valence-electron chi connectivity index (χ2n) is 4.68. The molecule has 4 rings (SSSR count). The first-order chi connectivity index (χ1) is 8.77. The van der Waals surface area contributed by atoms with Crippen LogP contribution in [0.25, 0.3) is 21.7 Å². The lowest BCUT2D eigenvalue weighted by Crippen LogP contribution is -2.18. The molecule has 0 saturated heterocycles. The summed E-state index contributed by atoms with van der Waals surface area (Å²) in [5.41, 5.74) is 1.96. The van der Waals surface area contributed by atoms with E-state index in [9.17, 15) is 9.18 Å². The lowest BCUT2D eigenvalue weighted by atomic mass is 10.0. The van der Waals surface area contributed by atoms with Gasteiger partial charge in [0, 0.05) is 17.3 Å². The summed E-state index contributed by atoms with van der Waals surface area (Å²) in [6.07, 6.45) is 0.852. The summed E-state index contributed by atoms with van der Waals surface area (Å²) in [5, 5.41) is 1.77. The molecule has 1 aromatic heterocycles. The lowest BCUT2D eigenvalue weighted by molar-refractivity contribution is 0.640. The second-order valence-corrected chi connectivity index (χ2v) is 4.68. The van der Waals surface area contributed by atoms with Gasteiger partial charge >= 0.3 is 0 Å². The fourth-order valence-corrected chi connectivity index (χ4v) is 2.98. The highest BCUT2D eigenvalue weighted by atomic mass is 19.1. The van der Waals surface area contributed by atoms with Gasteiger partial charge < -0.3 is 4.57 Å². The van der Waals surface area contributed by atoms with Crippen LogP contribution in [0.2, 0.25) is 0 Å². The highest BCUT2D eigenvalue weighted by Crippen LogP contribution is 2.30.